The Bertz CT molecular complexity index is 840. The first-order valence-electron chi connectivity index (χ1n) is 7.27. The van der Waals surface area contributed by atoms with Gasteiger partial charge in [0.2, 0.25) is 0 Å². The summed E-state index contributed by atoms with van der Waals surface area (Å²) in [5.41, 5.74) is 2.42. The molecule has 0 radical (unpaired) electrons. The predicted octanol–water partition coefficient (Wildman–Crippen LogP) is 3.36. The van der Waals surface area contributed by atoms with Crippen LogP contribution >= 0.6 is 0 Å². The van der Waals surface area contributed by atoms with Gasteiger partial charge in [-0.25, -0.2) is 0 Å². The van der Waals surface area contributed by atoms with Crippen LogP contribution in [0.4, 0.5) is 0 Å². The number of fused-ring (bicyclic) bond motifs is 3. The molecule has 1 heterocycles. The molecule has 4 nitrogen and oxygen atoms in total. The van der Waals surface area contributed by atoms with Gasteiger partial charge in [0.25, 0.3) is 0 Å². The van der Waals surface area contributed by atoms with Crippen LogP contribution in [0.25, 0.3) is 21.8 Å². The monoisotopic (exact) mass is 305 g/mol. The molecule has 114 valence electrons. The molecular weight excluding hydrogens is 289 g/mol. The quantitative estimate of drug-likeness (QED) is 0.498. The number of hydrogen-bond acceptors (Lipinski definition) is 3. The molecule has 0 aliphatic heterocycles. The normalized spacial score (nSPS) is 10.2. The zero-order chi connectivity index (χ0) is 16.1. The highest BCUT2D eigenvalue weighted by Gasteiger charge is 2.09. The summed E-state index contributed by atoms with van der Waals surface area (Å²) in [7, 11) is -1.73. The van der Waals surface area contributed by atoms with Gasteiger partial charge in [-0.15, -0.1) is 0 Å². The largest absolute Gasteiger partial charge is 0.707 e. The molecule has 3 aromatic carbocycles. The van der Waals surface area contributed by atoms with E-state index < -0.39 is 7.32 Å². The lowest BCUT2D eigenvalue weighted by atomic mass is 10.2. The third kappa shape index (κ3) is 3.72. The molecule has 0 aliphatic carbocycles. The Balaban J connectivity index is 0.000000142. The minimum atomic E-state index is -1.73. The lowest BCUT2D eigenvalue weighted by Crippen LogP contribution is -2.20. The molecule has 0 saturated carbocycles. The van der Waals surface area contributed by atoms with Crippen molar-refractivity contribution >= 4 is 29.1 Å². The van der Waals surface area contributed by atoms with E-state index >= 15 is 0 Å². The van der Waals surface area contributed by atoms with E-state index in [2.05, 4.69) is 58.2 Å². The van der Waals surface area contributed by atoms with Crippen molar-refractivity contribution in [2.24, 2.45) is 0 Å². The van der Waals surface area contributed by atoms with Crippen molar-refractivity contribution in [1.82, 2.24) is 4.98 Å². The van der Waals surface area contributed by atoms with Crippen molar-refractivity contribution in [3.05, 3.63) is 78.9 Å². The predicted molar refractivity (Wildman–Crippen MR) is 93.1 cm³/mol. The van der Waals surface area contributed by atoms with Crippen molar-refractivity contribution in [3.8, 4) is 5.75 Å². The molecule has 5 heteroatoms. The topological polar surface area (TPSA) is 65.5 Å². The van der Waals surface area contributed by atoms with Gasteiger partial charge in [0.05, 0.1) is 0 Å². The van der Waals surface area contributed by atoms with Crippen LogP contribution < -0.4 is 4.65 Å². The highest BCUT2D eigenvalue weighted by Crippen LogP contribution is 2.24. The van der Waals surface area contributed by atoms with Crippen LogP contribution in [0, 0.1) is 0 Å². The van der Waals surface area contributed by atoms with Gasteiger partial charge in [0.1, 0.15) is 5.75 Å². The van der Waals surface area contributed by atoms with Gasteiger partial charge < -0.3 is 19.7 Å². The summed E-state index contributed by atoms with van der Waals surface area (Å²) >= 11 is 0. The van der Waals surface area contributed by atoms with Crippen LogP contribution in [0.1, 0.15) is 0 Å². The number of hydrogen-bond donors (Lipinski definition) is 3. The van der Waals surface area contributed by atoms with Crippen molar-refractivity contribution in [2.45, 2.75) is 0 Å². The molecule has 0 spiro atoms. The maximum absolute atomic E-state index is 8.34. The highest BCUT2D eigenvalue weighted by molar-refractivity contribution is 6.33. The fourth-order valence-corrected chi connectivity index (χ4v) is 2.42. The van der Waals surface area contributed by atoms with Gasteiger partial charge in [-0.05, 0) is 24.3 Å². The molecule has 0 atom stereocenters. The molecule has 4 aromatic rings. The third-order valence-corrected chi connectivity index (χ3v) is 3.40. The number of para-hydroxylation sites is 3. The van der Waals surface area contributed by atoms with Gasteiger partial charge in [-0.2, -0.15) is 0 Å². The van der Waals surface area contributed by atoms with E-state index in [-0.39, 0.29) is 0 Å². The first-order valence-corrected chi connectivity index (χ1v) is 7.27. The maximum Gasteiger partial charge on any atom is 0.707 e. The minimum Gasteiger partial charge on any atom is -0.512 e. The van der Waals surface area contributed by atoms with E-state index in [9.17, 15) is 0 Å². The smallest absolute Gasteiger partial charge is 0.512 e. The lowest BCUT2D eigenvalue weighted by molar-refractivity contribution is 0.288. The van der Waals surface area contributed by atoms with E-state index in [1.165, 1.54) is 21.8 Å². The van der Waals surface area contributed by atoms with Gasteiger partial charge in [-0.1, -0.05) is 54.6 Å². The van der Waals surface area contributed by atoms with Crippen LogP contribution in [0.2, 0.25) is 0 Å². The summed E-state index contributed by atoms with van der Waals surface area (Å²) in [6.45, 7) is 0. The Morgan fingerprint density at radius 2 is 1.13 bits per heavy atom. The summed E-state index contributed by atoms with van der Waals surface area (Å²) in [6, 6.07) is 25.3. The van der Waals surface area contributed by atoms with Crippen molar-refractivity contribution in [2.75, 3.05) is 0 Å². The molecule has 0 saturated heterocycles. The molecule has 0 aliphatic rings. The molecule has 1 aromatic heterocycles. The number of aromatic nitrogens is 1. The summed E-state index contributed by atoms with van der Waals surface area (Å²) < 4.78 is 4.53. The van der Waals surface area contributed by atoms with E-state index in [0.29, 0.717) is 5.75 Å². The van der Waals surface area contributed by atoms with E-state index in [4.69, 9.17) is 10.0 Å². The number of H-pyrrole nitrogens is 1. The van der Waals surface area contributed by atoms with Crippen molar-refractivity contribution in [1.29, 1.82) is 0 Å². The van der Waals surface area contributed by atoms with E-state index in [1.807, 2.05) is 6.07 Å². The molecule has 0 amide bonds. The van der Waals surface area contributed by atoms with Crippen LogP contribution in [-0.2, 0) is 0 Å². The lowest BCUT2D eigenvalue weighted by Gasteiger charge is -2.01. The zero-order valence-corrected chi connectivity index (χ0v) is 12.4. The first kappa shape index (κ1) is 15.2. The minimum absolute atomic E-state index is 0.442. The third-order valence-electron chi connectivity index (χ3n) is 3.40. The molecule has 23 heavy (non-hydrogen) atoms. The Morgan fingerprint density at radius 1 is 0.652 bits per heavy atom. The van der Waals surface area contributed by atoms with E-state index in [0.717, 1.165) is 0 Å². The molecular formula is C18H16BNO3. The SMILES string of the molecule is OB(O)Oc1ccccc1.c1ccc2c(c1)[nH]c1ccccc12. The number of rotatable bonds is 2. The standard InChI is InChI=1S/C12H9N.C6H7BO3/c1-3-7-11-9(5-1)10-6-2-4-8-12(10)13-11;8-7(9)10-6-4-2-1-3-5-6/h1-8,13H;1-5,8-9H. The number of benzene rings is 3. The van der Waals surface area contributed by atoms with E-state index in [1.54, 1.807) is 24.3 Å². The molecule has 0 fully saturated rings. The average molecular weight is 305 g/mol. The van der Waals surface area contributed by atoms with Gasteiger partial charge in [-0.3, -0.25) is 0 Å². The fourth-order valence-electron chi connectivity index (χ4n) is 2.42. The Hall–Kier alpha value is -2.76. The van der Waals surface area contributed by atoms with Gasteiger partial charge >= 0.3 is 7.32 Å². The Kier molecular flexibility index (Phi) is 4.61. The second-order valence-corrected chi connectivity index (χ2v) is 4.97. The van der Waals surface area contributed by atoms with Crippen LogP contribution in [-0.4, -0.2) is 22.4 Å². The Morgan fingerprint density at radius 3 is 1.65 bits per heavy atom. The summed E-state index contributed by atoms with van der Waals surface area (Å²) in [6.07, 6.45) is 0. The van der Waals surface area contributed by atoms with Crippen LogP contribution in [0.5, 0.6) is 5.75 Å². The number of nitrogens with one attached hydrogen (secondary N) is 1. The van der Waals surface area contributed by atoms with Crippen LogP contribution in [0.3, 0.4) is 0 Å². The highest BCUT2D eigenvalue weighted by atomic mass is 16.6. The average Bonchev–Trinajstić information content (AvgIpc) is 2.94. The summed E-state index contributed by atoms with van der Waals surface area (Å²) in [4.78, 5) is 3.38. The summed E-state index contributed by atoms with van der Waals surface area (Å²) in [5.74, 6) is 0.442. The molecule has 0 unspecified atom stereocenters. The molecule has 0 bridgehead atoms. The zero-order valence-electron chi connectivity index (χ0n) is 12.4. The van der Waals surface area contributed by atoms with Gasteiger partial charge in [0, 0.05) is 21.8 Å². The van der Waals surface area contributed by atoms with Gasteiger partial charge in [0.15, 0.2) is 0 Å². The fraction of sp³-hybridized carbons (Fsp3) is 0. The molecule has 4 rings (SSSR count). The molecule has 3 N–H and O–H groups in total. The van der Waals surface area contributed by atoms with Crippen molar-refractivity contribution < 1.29 is 14.7 Å². The second kappa shape index (κ2) is 7.00. The number of aromatic amines is 1. The Labute approximate surface area is 134 Å². The summed E-state index contributed by atoms with van der Waals surface area (Å²) in [5, 5.41) is 19.3. The van der Waals surface area contributed by atoms with Crippen LogP contribution in [0.15, 0.2) is 78.9 Å². The van der Waals surface area contributed by atoms with Crippen molar-refractivity contribution in [3.63, 3.8) is 0 Å². The first-order chi connectivity index (χ1) is 11.2. The maximum atomic E-state index is 8.34. The second-order valence-electron chi connectivity index (χ2n) is 4.97.